The number of para-hydroxylation sites is 1. The summed E-state index contributed by atoms with van der Waals surface area (Å²) in [6, 6.07) is 10.5. The Morgan fingerprint density at radius 1 is 1.32 bits per heavy atom. The fourth-order valence-corrected chi connectivity index (χ4v) is 3.11. The highest BCUT2D eigenvalue weighted by Gasteiger charge is 2.37. The Labute approximate surface area is 147 Å². The average molecular weight is 337 g/mol. The lowest BCUT2D eigenvalue weighted by atomic mass is 9.64. The summed E-state index contributed by atoms with van der Waals surface area (Å²) >= 11 is 0. The number of hydrogen-bond donors (Lipinski definition) is 2. The summed E-state index contributed by atoms with van der Waals surface area (Å²) in [6.07, 6.45) is 0.623. The lowest BCUT2D eigenvalue weighted by molar-refractivity contribution is 0.0971. The van der Waals surface area contributed by atoms with Crippen molar-refractivity contribution < 1.29 is 19.3 Å². The molecule has 0 fully saturated rings. The number of Topliss-reactive ketones (excluding diaryl/α,β-unsaturated/α-hetero) is 2. The van der Waals surface area contributed by atoms with E-state index in [2.05, 4.69) is 0 Å². The molecular formula is C19H20BNO4. The number of rotatable bonds is 4. The molecule has 0 spiro atoms. The first kappa shape index (κ1) is 17.2. The van der Waals surface area contributed by atoms with Crippen molar-refractivity contribution in [3.05, 3.63) is 58.7 Å². The number of benzene rings is 2. The van der Waals surface area contributed by atoms with E-state index < -0.39 is 7.12 Å². The fraction of sp³-hybridized carbons (Fsp3) is 0.263. The standard InChI is InChI=1S/C19H20BNO4/c1-11-6-7-13(9-17(11)21)18(23)10-15-8-14-4-3-5-16(12(2)22)19(14)25-20(15)24/h3-7,9,15,24H,8,10,21H2,1-2H3/t15-/m1/s1. The molecule has 0 aliphatic carbocycles. The van der Waals surface area contributed by atoms with E-state index in [9.17, 15) is 14.6 Å². The lowest BCUT2D eigenvalue weighted by Crippen LogP contribution is -2.35. The van der Waals surface area contributed by atoms with Gasteiger partial charge in [-0.15, -0.1) is 0 Å². The second kappa shape index (κ2) is 6.72. The van der Waals surface area contributed by atoms with Crippen LogP contribution in [-0.4, -0.2) is 23.7 Å². The predicted molar refractivity (Wildman–Crippen MR) is 97.0 cm³/mol. The Hall–Kier alpha value is -2.60. The van der Waals surface area contributed by atoms with E-state index in [0.29, 0.717) is 29.0 Å². The molecule has 6 heteroatoms. The Morgan fingerprint density at radius 3 is 2.76 bits per heavy atom. The zero-order chi connectivity index (χ0) is 18.1. The molecule has 0 saturated carbocycles. The Morgan fingerprint density at radius 2 is 2.08 bits per heavy atom. The van der Waals surface area contributed by atoms with E-state index in [4.69, 9.17) is 10.4 Å². The van der Waals surface area contributed by atoms with Crippen LogP contribution < -0.4 is 10.4 Å². The maximum Gasteiger partial charge on any atom is 0.526 e. The quantitative estimate of drug-likeness (QED) is 0.509. The van der Waals surface area contributed by atoms with Gasteiger partial charge in [0.05, 0.1) is 5.56 Å². The van der Waals surface area contributed by atoms with Crippen molar-refractivity contribution in [2.45, 2.75) is 32.5 Å². The van der Waals surface area contributed by atoms with Crippen molar-refractivity contribution in [3.63, 3.8) is 0 Å². The molecule has 1 aliphatic rings. The van der Waals surface area contributed by atoms with Gasteiger partial charge in [0.1, 0.15) is 5.75 Å². The van der Waals surface area contributed by atoms with E-state index in [-0.39, 0.29) is 23.8 Å². The maximum atomic E-state index is 12.5. The number of ketones is 2. The van der Waals surface area contributed by atoms with Gasteiger partial charge >= 0.3 is 7.12 Å². The topological polar surface area (TPSA) is 89.6 Å². The normalized spacial score (nSPS) is 16.1. The molecular weight excluding hydrogens is 317 g/mol. The second-order valence-corrected chi connectivity index (χ2v) is 6.52. The number of hydrogen-bond acceptors (Lipinski definition) is 5. The van der Waals surface area contributed by atoms with Gasteiger partial charge in [0.25, 0.3) is 0 Å². The molecule has 128 valence electrons. The number of carbonyl (C=O) groups is 2. The summed E-state index contributed by atoms with van der Waals surface area (Å²) < 4.78 is 5.57. The van der Waals surface area contributed by atoms with Gasteiger partial charge in [-0.3, -0.25) is 9.59 Å². The van der Waals surface area contributed by atoms with Crippen LogP contribution in [0.3, 0.4) is 0 Å². The highest BCUT2D eigenvalue weighted by molar-refractivity contribution is 6.47. The zero-order valence-corrected chi connectivity index (χ0v) is 14.3. The van der Waals surface area contributed by atoms with Gasteiger partial charge in [-0.25, -0.2) is 0 Å². The van der Waals surface area contributed by atoms with Crippen LogP contribution in [0.4, 0.5) is 5.69 Å². The third kappa shape index (κ3) is 3.44. The number of carbonyl (C=O) groups excluding carboxylic acids is 2. The third-order valence-electron chi connectivity index (χ3n) is 4.65. The summed E-state index contributed by atoms with van der Waals surface area (Å²) in [5, 5.41) is 10.3. The number of nitrogen functional groups attached to an aromatic ring is 1. The van der Waals surface area contributed by atoms with Crippen LogP contribution in [0.1, 0.15) is 45.2 Å². The van der Waals surface area contributed by atoms with Crippen LogP contribution in [0.15, 0.2) is 36.4 Å². The van der Waals surface area contributed by atoms with Crippen LogP contribution in [0.25, 0.3) is 0 Å². The number of anilines is 1. The van der Waals surface area contributed by atoms with Gasteiger partial charge in [0.15, 0.2) is 11.6 Å². The second-order valence-electron chi connectivity index (χ2n) is 6.52. The molecule has 1 aliphatic heterocycles. The summed E-state index contributed by atoms with van der Waals surface area (Å²) in [6.45, 7) is 3.34. The molecule has 1 atom stereocenters. The highest BCUT2D eigenvalue weighted by atomic mass is 16.5. The Kier molecular flexibility index (Phi) is 4.64. The summed E-state index contributed by atoms with van der Waals surface area (Å²) in [5.74, 6) is -0.158. The van der Waals surface area contributed by atoms with Crippen molar-refractivity contribution in [1.82, 2.24) is 0 Å². The molecule has 5 nitrogen and oxygen atoms in total. The monoisotopic (exact) mass is 337 g/mol. The zero-order valence-electron chi connectivity index (χ0n) is 14.3. The highest BCUT2D eigenvalue weighted by Crippen LogP contribution is 2.36. The minimum atomic E-state index is -1.13. The maximum absolute atomic E-state index is 12.5. The van der Waals surface area contributed by atoms with Crippen LogP contribution in [-0.2, 0) is 6.42 Å². The van der Waals surface area contributed by atoms with Gasteiger partial charge in [0.2, 0.25) is 0 Å². The molecule has 3 rings (SSSR count). The van der Waals surface area contributed by atoms with Crippen molar-refractivity contribution in [2.24, 2.45) is 0 Å². The predicted octanol–water partition coefficient (Wildman–Crippen LogP) is 2.84. The minimum absolute atomic E-state index is 0.0921. The number of fused-ring (bicyclic) bond motifs is 1. The van der Waals surface area contributed by atoms with Gasteiger partial charge in [-0.1, -0.05) is 24.3 Å². The van der Waals surface area contributed by atoms with Crippen LogP contribution in [0, 0.1) is 6.92 Å². The molecule has 1 heterocycles. The smallest absolute Gasteiger partial charge is 0.526 e. The van der Waals surface area contributed by atoms with Crippen molar-refractivity contribution >= 4 is 24.4 Å². The first-order valence-electron chi connectivity index (χ1n) is 8.23. The van der Waals surface area contributed by atoms with Gasteiger partial charge in [-0.05, 0) is 43.5 Å². The molecule has 0 aromatic heterocycles. The number of nitrogens with two attached hydrogens (primary N) is 1. The molecule has 0 amide bonds. The van der Waals surface area contributed by atoms with E-state index in [0.717, 1.165) is 11.1 Å². The molecule has 2 aromatic carbocycles. The fourth-order valence-electron chi connectivity index (χ4n) is 3.11. The Balaban J connectivity index is 1.80. The largest absolute Gasteiger partial charge is 0.535 e. The summed E-state index contributed by atoms with van der Waals surface area (Å²) in [4.78, 5) is 24.2. The summed E-state index contributed by atoms with van der Waals surface area (Å²) in [7, 11) is -1.13. The van der Waals surface area contributed by atoms with Crippen LogP contribution in [0.2, 0.25) is 5.82 Å². The summed E-state index contributed by atoms with van der Waals surface area (Å²) in [5.41, 5.74) is 9.17. The van der Waals surface area contributed by atoms with Crippen molar-refractivity contribution in [3.8, 4) is 5.75 Å². The van der Waals surface area contributed by atoms with E-state index >= 15 is 0 Å². The Bertz CT molecular complexity index is 849. The number of aryl methyl sites for hydroxylation is 1. The van der Waals surface area contributed by atoms with E-state index in [1.54, 1.807) is 24.3 Å². The van der Waals surface area contributed by atoms with Crippen LogP contribution >= 0.6 is 0 Å². The van der Waals surface area contributed by atoms with Gasteiger partial charge in [0, 0.05) is 23.5 Å². The molecule has 25 heavy (non-hydrogen) atoms. The SMILES string of the molecule is CC(=O)c1cccc2c1OB(O)[C@@H](CC(=O)c1ccc(C)c(N)c1)C2. The van der Waals surface area contributed by atoms with Gasteiger partial charge in [-0.2, -0.15) is 0 Å². The van der Waals surface area contributed by atoms with E-state index in [1.165, 1.54) is 6.92 Å². The van der Waals surface area contributed by atoms with Crippen molar-refractivity contribution in [1.29, 1.82) is 0 Å². The average Bonchev–Trinajstić information content (AvgIpc) is 2.57. The molecule has 0 saturated heterocycles. The third-order valence-corrected chi connectivity index (χ3v) is 4.65. The minimum Gasteiger partial charge on any atom is -0.535 e. The lowest BCUT2D eigenvalue weighted by Gasteiger charge is -2.28. The van der Waals surface area contributed by atoms with Gasteiger partial charge < -0.3 is 15.4 Å². The molecule has 0 bridgehead atoms. The molecule has 0 unspecified atom stereocenters. The first-order valence-corrected chi connectivity index (χ1v) is 8.23. The van der Waals surface area contributed by atoms with Crippen molar-refractivity contribution in [2.75, 3.05) is 5.73 Å². The van der Waals surface area contributed by atoms with Crippen LogP contribution in [0.5, 0.6) is 5.75 Å². The molecule has 2 aromatic rings. The molecule has 3 N–H and O–H groups in total. The van der Waals surface area contributed by atoms with E-state index in [1.807, 2.05) is 19.1 Å². The first-order chi connectivity index (χ1) is 11.9. The molecule has 0 radical (unpaired) electrons.